The number of carbonyl (C=O) groups excluding carboxylic acids is 3. The summed E-state index contributed by atoms with van der Waals surface area (Å²) in [6, 6.07) is 7.80. The van der Waals surface area contributed by atoms with E-state index in [0.717, 1.165) is 36.5 Å². The third-order valence-electron chi connectivity index (χ3n) is 12.0. The van der Waals surface area contributed by atoms with E-state index in [1.165, 1.54) is 37.4 Å². The second kappa shape index (κ2) is 18.6. The predicted molar refractivity (Wildman–Crippen MR) is 221 cm³/mol. The molecule has 22 heteroatoms. The van der Waals surface area contributed by atoms with Gasteiger partial charge in [-0.2, -0.15) is 18.3 Å². The van der Waals surface area contributed by atoms with E-state index in [9.17, 15) is 42.6 Å². The van der Waals surface area contributed by atoms with Gasteiger partial charge in [-0.1, -0.05) is 11.6 Å². The summed E-state index contributed by atoms with van der Waals surface area (Å²) in [4.78, 5) is 59.7. The minimum atomic E-state index is -4.96. The smallest absolute Gasteiger partial charge is 0.433 e. The summed E-state index contributed by atoms with van der Waals surface area (Å²) in [5.41, 5.74) is -2.27. The van der Waals surface area contributed by atoms with E-state index in [0.29, 0.717) is 49.4 Å². The number of likely N-dealkylation sites (tertiary alicyclic amines) is 1. The van der Waals surface area contributed by atoms with E-state index < -0.39 is 53.5 Å². The van der Waals surface area contributed by atoms with Crippen molar-refractivity contribution in [3.8, 4) is 22.5 Å². The number of benzene rings is 2. The van der Waals surface area contributed by atoms with Crippen LogP contribution in [0.25, 0.3) is 22.5 Å². The number of nitrogens with zero attached hydrogens (tertiary/aromatic N) is 6. The molecule has 0 saturated carbocycles. The van der Waals surface area contributed by atoms with Crippen LogP contribution in [-0.2, 0) is 22.8 Å². The molecule has 2 aromatic heterocycles. The van der Waals surface area contributed by atoms with Crippen LogP contribution in [0.2, 0.25) is 5.02 Å². The predicted octanol–water partition coefficient (Wildman–Crippen LogP) is 3.12. The molecule has 3 aliphatic rings. The number of aliphatic carboxylic acids is 1. The first-order valence-electron chi connectivity index (χ1n) is 20.4. The van der Waals surface area contributed by atoms with Crippen molar-refractivity contribution in [2.75, 3.05) is 89.2 Å². The van der Waals surface area contributed by atoms with E-state index in [1.54, 1.807) is 9.80 Å². The molecule has 7 N–H and O–H groups in total. The fourth-order valence-corrected chi connectivity index (χ4v) is 8.81. The van der Waals surface area contributed by atoms with Crippen molar-refractivity contribution < 1.29 is 56.5 Å². The Morgan fingerprint density at radius 3 is 2.30 bits per heavy atom. The monoisotopic (exact) mass is 903 g/mol. The molecule has 0 aliphatic carbocycles. The first-order valence-corrected chi connectivity index (χ1v) is 20.8. The lowest BCUT2D eigenvalue weighted by Gasteiger charge is -2.46. The molecule has 4 aromatic rings. The molecule has 0 spiro atoms. The zero-order chi connectivity index (χ0) is 45.2. The zero-order valence-corrected chi connectivity index (χ0v) is 35.0. The topological polar surface area (TPSA) is 218 Å². The second-order valence-corrected chi connectivity index (χ2v) is 16.8. The number of carbonyl (C=O) groups is 4. The average molecular weight is 904 g/mol. The molecular weight excluding hydrogens is 856 g/mol. The van der Waals surface area contributed by atoms with Crippen molar-refractivity contribution >= 4 is 46.7 Å². The van der Waals surface area contributed by atoms with Crippen LogP contribution < -0.4 is 16.0 Å². The second-order valence-electron chi connectivity index (χ2n) is 16.3. The lowest BCUT2D eigenvalue weighted by Crippen LogP contribution is -2.62. The van der Waals surface area contributed by atoms with Gasteiger partial charge in [0.2, 0.25) is 5.91 Å². The van der Waals surface area contributed by atoms with Crippen LogP contribution >= 0.6 is 11.6 Å². The number of aromatic amines is 1. The van der Waals surface area contributed by atoms with E-state index in [-0.39, 0.29) is 83.0 Å². The third-order valence-corrected chi connectivity index (χ3v) is 12.4. The Bertz CT molecular complexity index is 2350. The van der Waals surface area contributed by atoms with Gasteiger partial charge >= 0.3 is 12.1 Å². The Kier molecular flexibility index (Phi) is 13.4. The normalized spacial score (nSPS) is 20.0. The number of quaternary nitrogens is 1. The number of hydrogen-bond acceptors (Lipinski definition) is 10. The minimum Gasteiger partial charge on any atom is -0.477 e. The van der Waals surface area contributed by atoms with Gasteiger partial charge in [0.1, 0.15) is 17.2 Å². The molecule has 7 rings (SSSR count). The number of piperazine rings is 1. The highest BCUT2D eigenvalue weighted by Crippen LogP contribution is 2.42. The maximum absolute atomic E-state index is 15.4. The van der Waals surface area contributed by atoms with Crippen LogP contribution in [0.4, 0.5) is 28.9 Å². The van der Waals surface area contributed by atoms with Crippen molar-refractivity contribution in [1.29, 1.82) is 0 Å². The van der Waals surface area contributed by atoms with E-state index >= 15 is 4.39 Å². The highest BCUT2D eigenvalue weighted by atomic mass is 35.5. The van der Waals surface area contributed by atoms with Crippen molar-refractivity contribution in [2.45, 2.75) is 25.1 Å². The largest absolute Gasteiger partial charge is 0.477 e. The summed E-state index contributed by atoms with van der Waals surface area (Å²) in [5, 5.41) is 42.5. The van der Waals surface area contributed by atoms with Crippen molar-refractivity contribution in [3.63, 3.8) is 0 Å². The minimum absolute atomic E-state index is 0.00961. The number of aromatic nitrogens is 4. The molecule has 0 unspecified atom stereocenters. The molecule has 3 aliphatic heterocycles. The Morgan fingerprint density at radius 2 is 1.70 bits per heavy atom. The van der Waals surface area contributed by atoms with Gasteiger partial charge < -0.3 is 50.1 Å². The van der Waals surface area contributed by atoms with Gasteiger partial charge in [-0.25, -0.2) is 14.2 Å². The number of anilines is 2. The molecule has 0 bridgehead atoms. The molecule has 0 radical (unpaired) electrons. The number of halogens is 5. The van der Waals surface area contributed by atoms with Crippen LogP contribution in [0.3, 0.4) is 0 Å². The van der Waals surface area contributed by atoms with Crippen molar-refractivity contribution in [1.82, 2.24) is 34.9 Å². The number of aliphatic hydroxyl groups is 2. The number of rotatable bonds is 14. The molecule has 17 nitrogen and oxygen atoms in total. The molecular formula is C41H48ClF4N10O7+. The third kappa shape index (κ3) is 9.96. The summed E-state index contributed by atoms with van der Waals surface area (Å²) in [6.45, 7) is 4.37. The number of hydrogen-bond donors (Lipinski definition) is 7. The van der Waals surface area contributed by atoms with Crippen LogP contribution in [0.15, 0.2) is 42.6 Å². The first-order chi connectivity index (χ1) is 30.0. The molecule has 338 valence electrons. The number of amides is 3. The maximum Gasteiger partial charge on any atom is 0.433 e. The zero-order valence-electron chi connectivity index (χ0n) is 34.2. The molecule has 3 fully saturated rings. The molecule has 1 atom stereocenters. The highest BCUT2D eigenvalue weighted by Gasteiger charge is 2.43. The number of aliphatic hydroxyl groups excluding tert-OH is 2. The Morgan fingerprint density at radius 1 is 1.02 bits per heavy atom. The van der Waals surface area contributed by atoms with Gasteiger partial charge in [-0.3, -0.25) is 19.5 Å². The number of carboxylic acids is 1. The maximum atomic E-state index is 15.4. The summed E-state index contributed by atoms with van der Waals surface area (Å²) < 4.78 is 59.8. The summed E-state index contributed by atoms with van der Waals surface area (Å²) in [5.74, 6) is -3.06. The average Bonchev–Trinajstić information content (AvgIpc) is 3.84. The first kappa shape index (κ1) is 45.4. The molecule has 63 heavy (non-hydrogen) atoms. The Balaban J connectivity index is 0.979. The van der Waals surface area contributed by atoms with E-state index in [4.69, 9.17) is 16.7 Å². The molecule has 3 saturated heterocycles. The Hall–Kier alpha value is -5.61. The number of nitrogens with one attached hydrogen (secondary N) is 4. The number of H-pyrrole nitrogens is 1. The Labute approximate surface area is 363 Å². The van der Waals surface area contributed by atoms with Gasteiger partial charge in [0, 0.05) is 94.5 Å². The van der Waals surface area contributed by atoms with Crippen molar-refractivity contribution in [3.05, 3.63) is 70.5 Å². The summed E-state index contributed by atoms with van der Waals surface area (Å²) >= 11 is 6.55. The van der Waals surface area contributed by atoms with Crippen LogP contribution in [0.1, 0.15) is 39.5 Å². The lowest BCUT2D eigenvalue weighted by atomic mass is 9.90. The van der Waals surface area contributed by atoms with Crippen LogP contribution in [0, 0.1) is 17.7 Å². The molecule has 2 aromatic carbocycles. The SMILES string of the molecule is Cn1c(-c2c(-c3ccc(NC[C@H](O)CO)cc3F)n[nH]c2C(F)(F)F)cnc1C(=O)Nc1ccc(C(=O)N2CCN(C(=O)C3CC[N+](CC(=O)O)(CC4CNC4)CC3)CC2)c(Cl)c1. The van der Waals surface area contributed by atoms with Crippen LogP contribution in [0.5, 0.6) is 0 Å². The van der Waals surface area contributed by atoms with Crippen LogP contribution in [-0.4, -0.2) is 158 Å². The van der Waals surface area contributed by atoms with Gasteiger partial charge in [0.25, 0.3) is 11.8 Å². The number of piperidine rings is 1. The number of alkyl halides is 3. The van der Waals surface area contributed by atoms with Crippen molar-refractivity contribution in [2.24, 2.45) is 18.9 Å². The summed E-state index contributed by atoms with van der Waals surface area (Å²) in [6.07, 6.45) is -3.85. The number of imidazole rings is 1. The fraction of sp³-hybridized carbons (Fsp3) is 0.463. The van der Waals surface area contributed by atoms with Gasteiger partial charge in [-0.05, 0) is 36.4 Å². The highest BCUT2D eigenvalue weighted by molar-refractivity contribution is 6.34. The molecule has 5 heterocycles. The number of carboxylic acid groups (broad SMARTS) is 1. The van der Waals surface area contributed by atoms with Gasteiger partial charge in [0.05, 0.1) is 60.4 Å². The standard InChI is InChI=1S/C41H47ClF4N10O7/c1-53-32(34-35(51-52-36(34)41(44,45)46)29-5-2-25(15-31(29)43)48-18-27(58)22-57)19-49-37(53)38(61)50-26-3-4-28(30(42)14-26)40(63)55-10-8-54(9-11-55)39(62)24-6-12-56(13-7-24,21-33(59)60)20-23-16-47-17-23/h2-5,14-15,19,23-24,27,47,57-58H,6-13,16-18,20-22H2,1H3,(H3-,48,49,50,51,52,59,60,61,63)/p+1/t24?,27-,56?/m0/s1. The quantitative estimate of drug-likeness (QED) is 0.0721. The van der Waals surface area contributed by atoms with Gasteiger partial charge in [-0.15, -0.1) is 0 Å². The van der Waals surface area contributed by atoms with Gasteiger partial charge in [0.15, 0.2) is 12.4 Å². The van der Waals surface area contributed by atoms with E-state index in [1.807, 2.05) is 5.10 Å². The lowest BCUT2D eigenvalue weighted by molar-refractivity contribution is -0.929. The molecule has 3 amide bonds. The fourth-order valence-electron chi connectivity index (χ4n) is 8.55. The van der Waals surface area contributed by atoms with E-state index in [2.05, 4.69) is 26.0 Å². The summed E-state index contributed by atoms with van der Waals surface area (Å²) in [7, 11) is 1.31.